The average Bonchev–Trinajstić information content (AvgIpc) is 2.65. The lowest BCUT2D eigenvalue weighted by Crippen LogP contribution is -2.60. The summed E-state index contributed by atoms with van der Waals surface area (Å²) in [5.41, 5.74) is 5.88. The van der Waals surface area contributed by atoms with Crippen molar-refractivity contribution < 1.29 is 24.3 Å². The lowest BCUT2D eigenvalue weighted by Gasteiger charge is -2.30. The van der Waals surface area contributed by atoms with Crippen LogP contribution >= 0.6 is 0 Å². The standard InChI is InChI=1S/C21H40N4O5/c1-9-13(8)17(20(28)24-16(12(6)7)21(29)30)25-19(27)15(11(4)5)23-18(26)14(22)10(2)3/h10-17H,9,22H2,1-8H3,(H,23,26)(H,24,28)(H,25,27)(H,29,30). The first kappa shape index (κ1) is 27.8. The topological polar surface area (TPSA) is 151 Å². The minimum absolute atomic E-state index is 0.0940. The summed E-state index contributed by atoms with van der Waals surface area (Å²) in [5, 5.41) is 17.2. The van der Waals surface area contributed by atoms with Crippen LogP contribution in [0.3, 0.4) is 0 Å². The molecule has 0 radical (unpaired) electrons. The smallest absolute Gasteiger partial charge is 0.326 e. The number of hydrogen-bond donors (Lipinski definition) is 5. The highest BCUT2D eigenvalue weighted by Gasteiger charge is 2.34. The van der Waals surface area contributed by atoms with Crippen LogP contribution in [0.1, 0.15) is 61.8 Å². The van der Waals surface area contributed by atoms with E-state index >= 15 is 0 Å². The van der Waals surface area contributed by atoms with Crippen LogP contribution < -0.4 is 21.7 Å². The molecule has 5 atom stereocenters. The summed E-state index contributed by atoms with van der Waals surface area (Å²) in [6.07, 6.45) is 0.592. The van der Waals surface area contributed by atoms with Gasteiger partial charge in [0, 0.05) is 0 Å². The summed E-state index contributed by atoms with van der Waals surface area (Å²) in [4.78, 5) is 49.5. The zero-order valence-electron chi connectivity index (χ0n) is 19.5. The SMILES string of the molecule is CCC(C)C(NC(=O)C(NC(=O)C(N)C(C)C)C(C)C)C(=O)NC(C(=O)O)C(C)C. The van der Waals surface area contributed by atoms with Gasteiger partial charge in [0.2, 0.25) is 17.7 Å². The molecule has 0 fully saturated rings. The number of rotatable bonds is 12. The maximum atomic E-state index is 12.9. The van der Waals surface area contributed by atoms with Gasteiger partial charge in [0.1, 0.15) is 18.1 Å². The molecule has 30 heavy (non-hydrogen) atoms. The van der Waals surface area contributed by atoms with Crippen LogP contribution in [0.5, 0.6) is 0 Å². The normalized spacial score (nSPS) is 16.5. The van der Waals surface area contributed by atoms with Crippen molar-refractivity contribution >= 4 is 23.7 Å². The number of nitrogens with one attached hydrogen (secondary N) is 3. The van der Waals surface area contributed by atoms with Crippen molar-refractivity contribution in [3.63, 3.8) is 0 Å². The minimum atomic E-state index is -1.14. The molecule has 6 N–H and O–H groups in total. The van der Waals surface area contributed by atoms with Crippen LogP contribution in [0.4, 0.5) is 0 Å². The Bertz CT molecular complexity index is 606. The van der Waals surface area contributed by atoms with Crippen LogP contribution in [-0.4, -0.2) is 53.0 Å². The molecule has 0 heterocycles. The third-order valence-electron chi connectivity index (χ3n) is 5.29. The van der Waals surface area contributed by atoms with Crippen LogP contribution in [-0.2, 0) is 19.2 Å². The summed E-state index contributed by atoms with van der Waals surface area (Å²) in [7, 11) is 0. The van der Waals surface area contributed by atoms with E-state index in [2.05, 4.69) is 16.0 Å². The Morgan fingerprint density at radius 1 is 0.700 bits per heavy atom. The number of carboxylic acid groups (broad SMARTS) is 1. The van der Waals surface area contributed by atoms with Gasteiger partial charge in [-0.15, -0.1) is 0 Å². The van der Waals surface area contributed by atoms with E-state index in [4.69, 9.17) is 5.73 Å². The van der Waals surface area contributed by atoms with E-state index in [9.17, 15) is 24.3 Å². The Balaban J connectivity index is 5.51. The summed E-state index contributed by atoms with van der Waals surface area (Å²) in [6.45, 7) is 14.2. The van der Waals surface area contributed by atoms with Gasteiger partial charge in [-0.05, 0) is 23.7 Å². The van der Waals surface area contributed by atoms with Gasteiger partial charge in [0.05, 0.1) is 6.04 Å². The number of aliphatic carboxylic acids is 1. The fourth-order valence-electron chi connectivity index (χ4n) is 2.79. The number of nitrogens with two attached hydrogens (primary N) is 1. The molecule has 0 aliphatic rings. The number of amides is 3. The molecule has 0 aromatic heterocycles. The zero-order chi connectivity index (χ0) is 23.8. The molecular formula is C21H40N4O5. The first-order valence-corrected chi connectivity index (χ1v) is 10.6. The molecule has 0 saturated heterocycles. The Morgan fingerprint density at radius 3 is 1.47 bits per heavy atom. The Morgan fingerprint density at radius 2 is 1.10 bits per heavy atom. The summed E-state index contributed by atoms with van der Waals surface area (Å²) in [5.74, 6) is -3.54. The third kappa shape index (κ3) is 8.30. The molecule has 0 aliphatic heterocycles. The van der Waals surface area contributed by atoms with Crippen molar-refractivity contribution in [1.29, 1.82) is 0 Å². The van der Waals surface area contributed by atoms with E-state index < -0.39 is 47.9 Å². The molecule has 9 heteroatoms. The summed E-state index contributed by atoms with van der Waals surface area (Å²) in [6, 6.07) is -3.62. The van der Waals surface area contributed by atoms with Gasteiger partial charge in [-0.25, -0.2) is 4.79 Å². The molecule has 0 saturated carbocycles. The van der Waals surface area contributed by atoms with E-state index in [1.807, 2.05) is 20.8 Å². The quantitative estimate of drug-likeness (QED) is 0.311. The minimum Gasteiger partial charge on any atom is -0.480 e. The van der Waals surface area contributed by atoms with Crippen LogP contribution in [0.25, 0.3) is 0 Å². The van der Waals surface area contributed by atoms with Gasteiger partial charge in [0.25, 0.3) is 0 Å². The molecular weight excluding hydrogens is 388 g/mol. The second-order valence-corrected chi connectivity index (χ2v) is 8.94. The first-order chi connectivity index (χ1) is 13.7. The van der Waals surface area contributed by atoms with Gasteiger partial charge < -0.3 is 26.8 Å². The molecule has 9 nitrogen and oxygen atoms in total. The predicted molar refractivity (Wildman–Crippen MR) is 115 cm³/mol. The molecule has 0 aromatic rings. The second kappa shape index (κ2) is 12.5. The highest BCUT2D eigenvalue weighted by atomic mass is 16.4. The predicted octanol–water partition coefficient (Wildman–Crippen LogP) is 0.867. The van der Waals surface area contributed by atoms with Gasteiger partial charge in [-0.1, -0.05) is 61.8 Å². The van der Waals surface area contributed by atoms with E-state index in [-0.39, 0.29) is 23.7 Å². The number of hydrogen-bond acceptors (Lipinski definition) is 5. The Kier molecular flexibility index (Phi) is 11.6. The molecule has 3 amide bonds. The van der Waals surface area contributed by atoms with Crippen molar-refractivity contribution in [2.45, 2.75) is 86.0 Å². The summed E-state index contributed by atoms with van der Waals surface area (Å²) >= 11 is 0. The van der Waals surface area contributed by atoms with Crippen molar-refractivity contribution in [2.75, 3.05) is 0 Å². The van der Waals surface area contributed by atoms with Gasteiger partial charge >= 0.3 is 5.97 Å². The largest absolute Gasteiger partial charge is 0.480 e. The van der Waals surface area contributed by atoms with Crippen LogP contribution in [0.15, 0.2) is 0 Å². The highest BCUT2D eigenvalue weighted by Crippen LogP contribution is 2.12. The molecule has 0 bridgehead atoms. The second-order valence-electron chi connectivity index (χ2n) is 8.94. The molecule has 0 aromatic carbocycles. The molecule has 0 rings (SSSR count). The van der Waals surface area contributed by atoms with Gasteiger partial charge in [-0.3, -0.25) is 14.4 Å². The van der Waals surface area contributed by atoms with E-state index in [1.54, 1.807) is 34.6 Å². The third-order valence-corrected chi connectivity index (χ3v) is 5.29. The van der Waals surface area contributed by atoms with Crippen LogP contribution in [0, 0.1) is 23.7 Å². The van der Waals surface area contributed by atoms with E-state index in [1.165, 1.54) is 0 Å². The Labute approximate surface area is 179 Å². The molecule has 0 aliphatic carbocycles. The maximum Gasteiger partial charge on any atom is 0.326 e. The highest BCUT2D eigenvalue weighted by molar-refractivity contribution is 5.94. The van der Waals surface area contributed by atoms with E-state index in [0.717, 1.165) is 0 Å². The monoisotopic (exact) mass is 428 g/mol. The van der Waals surface area contributed by atoms with Crippen LogP contribution in [0.2, 0.25) is 0 Å². The lowest BCUT2D eigenvalue weighted by atomic mass is 9.95. The fraction of sp³-hybridized carbons (Fsp3) is 0.810. The van der Waals surface area contributed by atoms with Gasteiger partial charge in [-0.2, -0.15) is 0 Å². The van der Waals surface area contributed by atoms with E-state index in [0.29, 0.717) is 6.42 Å². The molecule has 5 unspecified atom stereocenters. The first-order valence-electron chi connectivity index (χ1n) is 10.6. The van der Waals surface area contributed by atoms with Crippen molar-refractivity contribution in [3.8, 4) is 0 Å². The zero-order valence-corrected chi connectivity index (χ0v) is 19.5. The maximum absolute atomic E-state index is 12.9. The Hall–Kier alpha value is -2.16. The average molecular weight is 429 g/mol. The number of carbonyl (C=O) groups is 4. The van der Waals surface area contributed by atoms with Gasteiger partial charge in [0.15, 0.2) is 0 Å². The van der Waals surface area contributed by atoms with Crippen molar-refractivity contribution in [3.05, 3.63) is 0 Å². The molecule has 174 valence electrons. The fourth-order valence-corrected chi connectivity index (χ4v) is 2.79. The number of carbonyl (C=O) groups excluding carboxylic acids is 3. The number of carboxylic acids is 1. The van der Waals surface area contributed by atoms with Crippen molar-refractivity contribution in [2.24, 2.45) is 29.4 Å². The molecule has 0 spiro atoms. The van der Waals surface area contributed by atoms with Crippen molar-refractivity contribution in [1.82, 2.24) is 16.0 Å². The summed E-state index contributed by atoms with van der Waals surface area (Å²) < 4.78 is 0. The lowest BCUT2D eigenvalue weighted by molar-refractivity contribution is -0.144.